The van der Waals surface area contributed by atoms with Crippen molar-refractivity contribution in [2.45, 2.75) is 32.6 Å². The fourth-order valence-corrected chi connectivity index (χ4v) is 3.69. The van der Waals surface area contributed by atoms with Gasteiger partial charge in [0, 0.05) is 12.4 Å². The lowest BCUT2D eigenvalue weighted by molar-refractivity contribution is 0.293. The molecule has 2 aromatic rings. The molecular weight excluding hydrogens is 234 g/mol. The minimum absolute atomic E-state index is 0.274. The Morgan fingerprint density at radius 3 is 2.89 bits per heavy atom. The van der Waals surface area contributed by atoms with Crippen LogP contribution >= 0.6 is 0 Å². The van der Waals surface area contributed by atoms with E-state index in [1.807, 2.05) is 11.7 Å². The molecule has 2 N–H and O–H groups in total. The van der Waals surface area contributed by atoms with E-state index in [-0.39, 0.29) is 5.41 Å². The first-order valence-electron chi connectivity index (χ1n) is 7.24. The third kappa shape index (κ3) is 2.16. The van der Waals surface area contributed by atoms with Crippen LogP contribution in [0.15, 0.2) is 24.3 Å². The van der Waals surface area contributed by atoms with E-state index >= 15 is 0 Å². The van der Waals surface area contributed by atoms with Gasteiger partial charge in [-0.15, -0.1) is 0 Å². The van der Waals surface area contributed by atoms with Gasteiger partial charge in [-0.1, -0.05) is 31.5 Å². The Bertz CT molecular complexity index is 587. The van der Waals surface area contributed by atoms with Crippen LogP contribution in [0, 0.1) is 11.3 Å². The maximum absolute atomic E-state index is 6.10. The maximum atomic E-state index is 6.10. The van der Waals surface area contributed by atoms with E-state index in [4.69, 9.17) is 10.8 Å². The van der Waals surface area contributed by atoms with Gasteiger partial charge in [0.15, 0.2) is 0 Å². The zero-order chi connectivity index (χ0) is 13.5. The highest BCUT2D eigenvalue weighted by atomic mass is 15.3. The molecule has 2 unspecified atom stereocenters. The van der Waals surface area contributed by atoms with Crippen LogP contribution in [0.1, 0.15) is 31.9 Å². The van der Waals surface area contributed by atoms with Crippen molar-refractivity contribution in [3.63, 3.8) is 0 Å². The average Bonchev–Trinajstić information content (AvgIpc) is 2.93. The highest BCUT2D eigenvalue weighted by Crippen LogP contribution is 2.43. The number of aromatic nitrogens is 2. The van der Waals surface area contributed by atoms with Gasteiger partial charge in [-0.2, -0.15) is 5.10 Å². The monoisotopic (exact) mass is 257 g/mol. The summed E-state index contributed by atoms with van der Waals surface area (Å²) in [4.78, 5) is 0. The van der Waals surface area contributed by atoms with Crippen LogP contribution in [0.2, 0.25) is 0 Å². The van der Waals surface area contributed by atoms with Crippen molar-refractivity contribution in [2.75, 3.05) is 6.54 Å². The number of hydrogen-bond donors (Lipinski definition) is 1. The van der Waals surface area contributed by atoms with Crippen LogP contribution in [0.3, 0.4) is 0 Å². The van der Waals surface area contributed by atoms with Crippen LogP contribution in [0.5, 0.6) is 0 Å². The highest BCUT2D eigenvalue weighted by Gasteiger charge is 2.37. The van der Waals surface area contributed by atoms with Gasteiger partial charge in [0.25, 0.3) is 0 Å². The minimum atomic E-state index is 0.274. The van der Waals surface area contributed by atoms with Crippen LogP contribution in [-0.2, 0) is 13.5 Å². The Morgan fingerprint density at radius 2 is 2.21 bits per heavy atom. The largest absolute Gasteiger partial charge is 0.330 e. The zero-order valence-corrected chi connectivity index (χ0v) is 11.9. The number of benzene rings is 1. The van der Waals surface area contributed by atoms with Crippen LogP contribution in [-0.4, -0.2) is 16.3 Å². The quantitative estimate of drug-likeness (QED) is 0.919. The topological polar surface area (TPSA) is 43.8 Å². The Labute approximate surface area is 114 Å². The molecule has 0 spiro atoms. The normalized spacial score (nSPS) is 27.2. The molecule has 0 aliphatic heterocycles. The van der Waals surface area contributed by atoms with E-state index < -0.39 is 0 Å². The smallest absolute Gasteiger partial charge is 0.0709 e. The molecule has 1 aliphatic carbocycles. The van der Waals surface area contributed by atoms with Gasteiger partial charge in [0.05, 0.1) is 11.2 Å². The molecule has 3 nitrogen and oxygen atoms in total. The number of hydrogen-bond acceptors (Lipinski definition) is 2. The average molecular weight is 257 g/mol. The lowest BCUT2D eigenvalue weighted by atomic mass is 9.80. The molecule has 1 aliphatic rings. The molecule has 1 aromatic heterocycles. The lowest BCUT2D eigenvalue weighted by Crippen LogP contribution is -2.30. The molecule has 3 rings (SSSR count). The molecule has 19 heavy (non-hydrogen) atoms. The van der Waals surface area contributed by atoms with Gasteiger partial charge in [-0.05, 0) is 43.2 Å². The zero-order valence-electron chi connectivity index (χ0n) is 11.9. The molecule has 0 radical (unpaired) electrons. The van der Waals surface area contributed by atoms with Gasteiger partial charge < -0.3 is 5.73 Å². The standard InChI is InChI=1S/C16H23N3/c1-12-7-8-16(9-12,11-17)10-14-13-5-3-4-6-15(13)19(2)18-14/h3-6,12H,7-11,17H2,1-2H3. The third-order valence-electron chi connectivity index (χ3n) is 4.76. The second-order valence-electron chi connectivity index (χ2n) is 6.32. The molecule has 1 heterocycles. The Morgan fingerprint density at radius 1 is 1.42 bits per heavy atom. The summed E-state index contributed by atoms with van der Waals surface area (Å²) < 4.78 is 1.99. The predicted octanol–water partition coefficient (Wildman–Crippen LogP) is 2.88. The molecule has 0 bridgehead atoms. The third-order valence-corrected chi connectivity index (χ3v) is 4.76. The van der Waals surface area contributed by atoms with E-state index in [1.165, 1.54) is 35.9 Å². The summed E-state index contributed by atoms with van der Waals surface area (Å²) in [6.45, 7) is 3.12. The van der Waals surface area contributed by atoms with Crippen molar-refractivity contribution in [3.05, 3.63) is 30.0 Å². The summed E-state index contributed by atoms with van der Waals surface area (Å²) in [7, 11) is 2.03. The van der Waals surface area contributed by atoms with Crippen LogP contribution < -0.4 is 5.73 Å². The molecule has 1 fully saturated rings. The van der Waals surface area contributed by atoms with Crippen molar-refractivity contribution in [1.29, 1.82) is 0 Å². The second-order valence-corrected chi connectivity index (χ2v) is 6.32. The summed E-state index contributed by atoms with van der Waals surface area (Å²) in [6.07, 6.45) is 4.82. The van der Waals surface area contributed by atoms with Gasteiger partial charge in [0.1, 0.15) is 0 Å². The summed E-state index contributed by atoms with van der Waals surface area (Å²) in [5, 5.41) is 6.02. The molecule has 1 aromatic carbocycles. The second kappa shape index (κ2) is 4.64. The molecular formula is C16H23N3. The van der Waals surface area contributed by atoms with Crippen molar-refractivity contribution < 1.29 is 0 Å². The van der Waals surface area contributed by atoms with Gasteiger partial charge >= 0.3 is 0 Å². The Kier molecular flexibility index (Phi) is 3.09. The van der Waals surface area contributed by atoms with Crippen molar-refractivity contribution in [1.82, 2.24) is 9.78 Å². The molecule has 0 amide bonds. The fraction of sp³-hybridized carbons (Fsp3) is 0.562. The first kappa shape index (κ1) is 12.7. The maximum Gasteiger partial charge on any atom is 0.0709 e. The number of rotatable bonds is 3. The first-order chi connectivity index (χ1) is 9.13. The van der Waals surface area contributed by atoms with E-state index in [1.54, 1.807) is 0 Å². The molecule has 0 saturated heterocycles. The van der Waals surface area contributed by atoms with Gasteiger partial charge in [-0.3, -0.25) is 4.68 Å². The van der Waals surface area contributed by atoms with Crippen LogP contribution in [0.4, 0.5) is 0 Å². The van der Waals surface area contributed by atoms with E-state index in [9.17, 15) is 0 Å². The Hall–Kier alpha value is -1.35. The van der Waals surface area contributed by atoms with Gasteiger partial charge in [0.2, 0.25) is 0 Å². The Balaban J connectivity index is 1.97. The van der Waals surface area contributed by atoms with Crippen molar-refractivity contribution in [3.8, 4) is 0 Å². The number of para-hydroxylation sites is 1. The number of nitrogens with two attached hydrogens (primary N) is 1. The summed E-state index contributed by atoms with van der Waals surface area (Å²) in [6, 6.07) is 8.49. The van der Waals surface area contributed by atoms with E-state index in [2.05, 4.69) is 31.2 Å². The van der Waals surface area contributed by atoms with Crippen LogP contribution in [0.25, 0.3) is 10.9 Å². The fourth-order valence-electron chi connectivity index (χ4n) is 3.69. The number of fused-ring (bicyclic) bond motifs is 1. The van der Waals surface area contributed by atoms with Crippen molar-refractivity contribution in [2.24, 2.45) is 24.1 Å². The summed E-state index contributed by atoms with van der Waals surface area (Å²) in [5.74, 6) is 0.804. The van der Waals surface area contributed by atoms with E-state index in [0.29, 0.717) is 0 Å². The highest BCUT2D eigenvalue weighted by molar-refractivity contribution is 5.81. The number of nitrogens with zero attached hydrogens (tertiary/aromatic N) is 2. The molecule has 102 valence electrons. The molecule has 3 heteroatoms. The minimum Gasteiger partial charge on any atom is -0.330 e. The van der Waals surface area contributed by atoms with Gasteiger partial charge in [-0.25, -0.2) is 0 Å². The first-order valence-corrected chi connectivity index (χ1v) is 7.24. The molecule has 2 atom stereocenters. The predicted molar refractivity (Wildman–Crippen MR) is 78.9 cm³/mol. The number of aryl methyl sites for hydroxylation is 1. The SMILES string of the molecule is CC1CCC(CN)(Cc2nn(C)c3ccccc23)C1. The lowest BCUT2D eigenvalue weighted by Gasteiger charge is -2.26. The summed E-state index contributed by atoms with van der Waals surface area (Å²) in [5.41, 5.74) is 8.81. The summed E-state index contributed by atoms with van der Waals surface area (Å²) >= 11 is 0. The van der Waals surface area contributed by atoms with E-state index in [0.717, 1.165) is 18.9 Å². The molecule has 1 saturated carbocycles. The van der Waals surface area contributed by atoms with Crippen molar-refractivity contribution >= 4 is 10.9 Å².